The molecule has 156 valence electrons. The number of rotatable bonds is 11. The third-order valence-corrected chi connectivity index (χ3v) is 7.08. The van der Waals surface area contributed by atoms with Gasteiger partial charge >= 0.3 is 5.97 Å². The number of aliphatic carboxylic acids is 1. The highest BCUT2D eigenvalue weighted by atomic mass is 127. The summed E-state index contributed by atoms with van der Waals surface area (Å²) in [6.45, 7) is 0. The van der Waals surface area contributed by atoms with Gasteiger partial charge in [-0.05, 0) is 72.7 Å². The Balaban J connectivity index is 1.81. The summed E-state index contributed by atoms with van der Waals surface area (Å²) >= 11 is 4.01. The number of thiophene rings is 1. The maximum Gasteiger partial charge on any atom is 0.303 e. The van der Waals surface area contributed by atoms with E-state index in [0.717, 1.165) is 6.42 Å². The third kappa shape index (κ3) is 7.94. The van der Waals surface area contributed by atoms with Crippen LogP contribution in [-0.4, -0.2) is 44.7 Å². The van der Waals surface area contributed by atoms with Crippen molar-refractivity contribution in [3.63, 3.8) is 0 Å². The molecule has 2 rings (SSSR count). The summed E-state index contributed by atoms with van der Waals surface area (Å²) in [4.78, 5) is 11.8. The number of aliphatic hydroxyl groups is 3. The molecule has 28 heavy (non-hydrogen) atoms. The molecule has 0 saturated heterocycles. The van der Waals surface area contributed by atoms with E-state index in [2.05, 4.69) is 34.7 Å². The zero-order valence-corrected chi connectivity index (χ0v) is 18.8. The molecule has 1 aromatic heterocycles. The predicted molar refractivity (Wildman–Crippen MR) is 119 cm³/mol. The van der Waals surface area contributed by atoms with Gasteiger partial charge in [0.05, 0.1) is 21.2 Å². The third-order valence-electron chi connectivity index (χ3n) is 5.12. The Labute approximate surface area is 183 Å². The fourth-order valence-electron chi connectivity index (χ4n) is 3.58. The lowest BCUT2D eigenvalue weighted by atomic mass is 9.89. The van der Waals surface area contributed by atoms with E-state index < -0.39 is 24.3 Å². The second kappa shape index (κ2) is 12.1. The van der Waals surface area contributed by atoms with Crippen LogP contribution in [0.2, 0.25) is 0 Å². The van der Waals surface area contributed by atoms with Crippen LogP contribution in [0.1, 0.15) is 43.4 Å². The van der Waals surface area contributed by atoms with Gasteiger partial charge in [-0.15, -0.1) is 11.3 Å². The highest BCUT2D eigenvalue weighted by molar-refractivity contribution is 14.1. The van der Waals surface area contributed by atoms with Gasteiger partial charge in [0.2, 0.25) is 0 Å². The molecule has 1 aromatic rings. The lowest BCUT2D eigenvalue weighted by Gasteiger charge is -2.19. The number of carboxylic acid groups (broad SMARTS) is 1. The number of halogens is 1. The quantitative estimate of drug-likeness (QED) is 0.202. The molecule has 5 nitrogen and oxygen atoms in total. The fraction of sp³-hybridized carbons (Fsp3) is 0.571. The molecular formula is C21H29IO5S. The van der Waals surface area contributed by atoms with Gasteiger partial charge in [-0.3, -0.25) is 4.79 Å². The smallest absolute Gasteiger partial charge is 0.303 e. The molecule has 0 radical (unpaired) electrons. The standard InChI is InChI=1S/C21H29IO5S/c22-20-12-10-15(28-20)9-7-14(23)8-11-17-16(18(24)13-19(17)25)5-3-1-2-4-6-21(26)27/h1,3,8,10-12,14,16-19,23-25H,2,4-7,9,13H2,(H,26,27)/b3-1+,11-8+. The van der Waals surface area contributed by atoms with E-state index in [4.69, 9.17) is 5.11 Å². The van der Waals surface area contributed by atoms with E-state index in [1.165, 1.54) is 7.76 Å². The average Bonchev–Trinajstić information content (AvgIpc) is 3.16. The monoisotopic (exact) mass is 520 g/mol. The molecule has 0 amide bonds. The largest absolute Gasteiger partial charge is 0.481 e. The van der Waals surface area contributed by atoms with Crippen molar-refractivity contribution in [1.82, 2.24) is 0 Å². The van der Waals surface area contributed by atoms with Crippen LogP contribution >= 0.6 is 33.9 Å². The predicted octanol–water partition coefficient (Wildman–Crippen LogP) is 3.76. The minimum Gasteiger partial charge on any atom is -0.481 e. The van der Waals surface area contributed by atoms with E-state index in [1.54, 1.807) is 17.4 Å². The maximum atomic E-state index is 10.5. The summed E-state index contributed by atoms with van der Waals surface area (Å²) in [5, 5.41) is 39.4. The van der Waals surface area contributed by atoms with Gasteiger partial charge in [-0.2, -0.15) is 0 Å². The molecule has 5 atom stereocenters. The Morgan fingerprint density at radius 3 is 2.75 bits per heavy atom. The first kappa shape index (κ1) is 23.5. The molecule has 0 aliphatic heterocycles. The van der Waals surface area contributed by atoms with Gasteiger partial charge in [0, 0.05) is 23.6 Å². The first-order valence-corrected chi connectivity index (χ1v) is 11.6. The van der Waals surface area contributed by atoms with Crippen molar-refractivity contribution in [3.8, 4) is 0 Å². The second-order valence-electron chi connectivity index (χ2n) is 7.30. The van der Waals surface area contributed by atoms with Gasteiger partial charge < -0.3 is 20.4 Å². The van der Waals surface area contributed by atoms with Crippen molar-refractivity contribution in [3.05, 3.63) is 44.2 Å². The van der Waals surface area contributed by atoms with Crippen molar-refractivity contribution < 1.29 is 25.2 Å². The Morgan fingerprint density at radius 2 is 2.07 bits per heavy atom. The molecule has 0 spiro atoms. The normalized spacial score (nSPS) is 26.4. The van der Waals surface area contributed by atoms with E-state index in [1.807, 2.05) is 18.2 Å². The zero-order chi connectivity index (χ0) is 20.5. The van der Waals surface area contributed by atoms with E-state index >= 15 is 0 Å². The molecular weight excluding hydrogens is 491 g/mol. The Morgan fingerprint density at radius 1 is 1.29 bits per heavy atom. The number of aryl methyl sites for hydroxylation is 1. The van der Waals surface area contributed by atoms with E-state index in [-0.39, 0.29) is 18.3 Å². The van der Waals surface area contributed by atoms with Crippen molar-refractivity contribution in [1.29, 1.82) is 0 Å². The van der Waals surface area contributed by atoms with Gasteiger partial charge in [0.15, 0.2) is 0 Å². The van der Waals surface area contributed by atoms with Gasteiger partial charge in [0.1, 0.15) is 0 Å². The van der Waals surface area contributed by atoms with E-state index in [9.17, 15) is 20.1 Å². The number of hydrogen-bond donors (Lipinski definition) is 4. The van der Waals surface area contributed by atoms with Crippen molar-refractivity contribution >= 4 is 39.9 Å². The summed E-state index contributed by atoms with van der Waals surface area (Å²) in [5.41, 5.74) is 0. The summed E-state index contributed by atoms with van der Waals surface area (Å²) in [6, 6.07) is 4.15. The van der Waals surface area contributed by atoms with Crippen LogP contribution in [0.15, 0.2) is 36.4 Å². The average molecular weight is 520 g/mol. The number of aliphatic hydroxyl groups excluding tert-OH is 3. The van der Waals surface area contributed by atoms with Crippen molar-refractivity contribution in [2.75, 3.05) is 0 Å². The maximum absolute atomic E-state index is 10.5. The number of hydrogen-bond acceptors (Lipinski definition) is 5. The first-order valence-electron chi connectivity index (χ1n) is 9.70. The van der Waals surface area contributed by atoms with Crippen LogP contribution < -0.4 is 0 Å². The molecule has 5 unspecified atom stereocenters. The number of carboxylic acids is 1. The van der Waals surface area contributed by atoms with Crippen LogP contribution in [0, 0.1) is 14.7 Å². The molecule has 0 bridgehead atoms. The Kier molecular flexibility index (Phi) is 10.1. The lowest BCUT2D eigenvalue weighted by molar-refractivity contribution is -0.137. The van der Waals surface area contributed by atoms with Gasteiger partial charge in [-0.1, -0.05) is 24.3 Å². The minimum atomic E-state index is -0.791. The topological polar surface area (TPSA) is 98.0 Å². The molecule has 1 aliphatic rings. The van der Waals surface area contributed by atoms with Crippen LogP contribution in [0.25, 0.3) is 0 Å². The zero-order valence-electron chi connectivity index (χ0n) is 15.8. The van der Waals surface area contributed by atoms with Crippen molar-refractivity contribution in [2.24, 2.45) is 11.8 Å². The first-order chi connectivity index (χ1) is 13.4. The van der Waals surface area contributed by atoms with Crippen LogP contribution in [-0.2, 0) is 11.2 Å². The highest BCUT2D eigenvalue weighted by Crippen LogP contribution is 2.36. The Hall–Kier alpha value is -0.740. The molecule has 1 fully saturated rings. The fourth-order valence-corrected chi connectivity index (χ4v) is 5.35. The van der Waals surface area contributed by atoms with Crippen LogP contribution in [0.5, 0.6) is 0 Å². The second-order valence-corrected chi connectivity index (χ2v) is 10.4. The summed E-state index contributed by atoms with van der Waals surface area (Å²) in [7, 11) is 0. The lowest BCUT2D eigenvalue weighted by Crippen LogP contribution is -2.20. The summed E-state index contributed by atoms with van der Waals surface area (Å²) in [6.07, 6.45) is 9.62. The summed E-state index contributed by atoms with van der Waals surface area (Å²) < 4.78 is 1.24. The summed E-state index contributed by atoms with van der Waals surface area (Å²) in [5.74, 6) is -1.07. The molecule has 1 aliphatic carbocycles. The molecule has 1 saturated carbocycles. The van der Waals surface area contributed by atoms with Crippen LogP contribution in [0.4, 0.5) is 0 Å². The number of unbranched alkanes of at least 4 members (excludes halogenated alkanes) is 1. The van der Waals surface area contributed by atoms with Gasteiger partial charge in [0.25, 0.3) is 0 Å². The molecule has 7 heteroatoms. The molecule has 4 N–H and O–H groups in total. The molecule has 1 heterocycles. The Bertz CT molecular complexity index is 672. The van der Waals surface area contributed by atoms with Gasteiger partial charge in [-0.25, -0.2) is 0 Å². The SMILES string of the molecule is O=C(O)CCC/C=C/CC1C(O)CC(O)C1/C=C/C(O)CCc1ccc(I)s1. The molecule has 0 aromatic carbocycles. The van der Waals surface area contributed by atoms with E-state index in [0.29, 0.717) is 32.1 Å². The number of allylic oxidation sites excluding steroid dienone is 2. The minimum absolute atomic E-state index is 0.0898. The van der Waals surface area contributed by atoms with Crippen molar-refractivity contribution in [2.45, 2.75) is 63.3 Å². The highest BCUT2D eigenvalue weighted by Gasteiger charge is 2.39. The number of carbonyl (C=O) groups is 1. The van der Waals surface area contributed by atoms with Crippen LogP contribution in [0.3, 0.4) is 0 Å².